The van der Waals surface area contributed by atoms with Gasteiger partial charge in [-0.05, 0) is 44.7 Å². The van der Waals surface area contributed by atoms with Crippen LogP contribution in [0, 0.1) is 5.92 Å². The maximum Gasteiger partial charge on any atom is 0.334 e. The molecule has 1 N–H and O–H groups in total. The van der Waals surface area contributed by atoms with Crippen molar-refractivity contribution in [3.8, 4) is 0 Å². The summed E-state index contributed by atoms with van der Waals surface area (Å²) in [5, 5.41) is 11.3. The summed E-state index contributed by atoms with van der Waals surface area (Å²) in [4.78, 5) is 24.4. The molecule has 2 aliphatic heterocycles. The van der Waals surface area contributed by atoms with Crippen LogP contribution in [0.3, 0.4) is 0 Å². The molecule has 8 heteroatoms. The van der Waals surface area contributed by atoms with Crippen LogP contribution in [-0.2, 0) is 27.4 Å². The minimum absolute atomic E-state index is 0.0228. The van der Waals surface area contributed by atoms with Crippen LogP contribution in [0.15, 0.2) is 60.3 Å². The Hall–Kier alpha value is -3.26. The monoisotopic (exact) mass is 448 g/mol. The fourth-order valence-electron chi connectivity index (χ4n) is 4.83. The molecule has 0 bridgehead atoms. The van der Waals surface area contributed by atoms with Crippen LogP contribution in [0.25, 0.3) is 0 Å². The molecule has 2 aromatic rings. The van der Waals surface area contributed by atoms with Crippen molar-refractivity contribution in [2.75, 3.05) is 0 Å². The largest absolute Gasteiger partial charge is 0.455 e. The molecule has 4 atom stereocenters. The van der Waals surface area contributed by atoms with Crippen molar-refractivity contribution in [1.82, 2.24) is 20.3 Å². The maximum atomic E-state index is 12.2. The number of aromatic nitrogens is 3. The molecule has 5 rings (SSSR count). The van der Waals surface area contributed by atoms with Gasteiger partial charge in [0.15, 0.2) is 0 Å². The first-order valence-corrected chi connectivity index (χ1v) is 11.4. The first kappa shape index (κ1) is 21.6. The minimum atomic E-state index is -0.300. The number of rotatable bonds is 5. The maximum absolute atomic E-state index is 12.2. The Morgan fingerprint density at radius 2 is 2.15 bits per heavy atom. The third-order valence-corrected chi connectivity index (χ3v) is 6.86. The van der Waals surface area contributed by atoms with Gasteiger partial charge in [-0.2, -0.15) is 0 Å². The summed E-state index contributed by atoms with van der Waals surface area (Å²) in [7, 11) is 0. The van der Waals surface area contributed by atoms with E-state index in [2.05, 4.69) is 35.2 Å². The number of esters is 1. The second-order valence-corrected chi connectivity index (χ2v) is 9.25. The Balaban J connectivity index is 1.22. The summed E-state index contributed by atoms with van der Waals surface area (Å²) in [5.74, 6) is -0.464. The van der Waals surface area contributed by atoms with E-state index in [1.54, 1.807) is 16.8 Å². The third-order valence-electron chi connectivity index (χ3n) is 6.86. The molecular formula is C25H28N4O4. The molecule has 1 aromatic carbocycles. The Labute approximate surface area is 192 Å². The van der Waals surface area contributed by atoms with E-state index in [-0.39, 0.29) is 35.6 Å². The van der Waals surface area contributed by atoms with Gasteiger partial charge < -0.3 is 14.8 Å². The molecule has 3 aliphatic rings. The molecule has 8 nitrogen and oxygen atoms in total. The molecule has 172 valence electrons. The van der Waals surface area contributed by atoms with Crippen LogP contribution >= 0.6 is 0 Å². The fourth-order valence-corrected chi connectivity index (χ4v) is 4.83. The number of hydrogen-bond acceptors (Lipinski definition) is 6. The lowest BCUT2D eigenvalue weighted by atomic mass is 9.84. The number of nitrogens with zero attached hydrogens (tertiary/aromatic N) is 3. The molecule has 2 fully saturated rings. The van der Waals surface area contributed by atoms with Gasteiger partial charge in [-0.1, -0.05) is 41.6 Å². The lowest BCUT2D eigenvalue weighted by Crippen LogP contribution is -2.29. The highest BCUT2D eigenvalue weighted by molar-refractivity contribution is 5.94. The normalized spacial score (nSPS) is 30.5. The van der Waals surface area contributed by atoms with Gasteiger partial charge >= 0.3 is 5.97 Å². The van der Waals surface area contributed by atoms with Gasteiger partial charge in [0.2, 0.25) is 0 Å². The molecule has 2 saturated heterocycles. The van der Waals surface area contributed by atoms with E-state index in [0.717, 1.165) is 25.7 Å². The smallest absolute Gasteiger partial charge is 0.334 e. The predicted molar refractivity (Wildman–Crippen MR) is 120 cm³/mol. The van der Waals surface area contributed by atoms with Crippen LogP contribution in [0.5, 0.6) is 0 Å². The number of fused-ring (bicyclic) bond motifs is 3. The Bertz CT molecular complexity index is 1110. The SMILES string of the molecule is C=C1C(=O)O[C@H]2[C@H]1CC/C(Cn1cc(CNC(=O)c3ccccc3)nn1)=C\CC[C@@]1(C)O[C@@H]21. The third kappa shape index (κ3) is 4.48. The summed E-state index contributed by atoms with van der Waals surface area (Å²) < 4.78 is 13.4. The predicted octanol–water partition coefficient (Wildman–Crippen LogP) is 2.96. The molecule has 0 radical (unpaired) electrons. The van der Waals surface area contributed by atoms with Crippen molar-refractivity contribution >= 4 is 11.9 Å². The first-order valence-electron chi connectivity index (χ1n) is 11.4. The number of benzene rings is 1. The van der Waals surface area contributed by atoms with E-state index in [1.165, 1.54) is 5.57 Å². The number of amides is 1. The molecule has 1 aromatic heterocycles. The zero-order chi connectivity index (χ0) is 23.0. The van der Waals surface area contributed by atoms with Crippen molar-refractivity contribution in [2.45, 2.75) is 63.5 Å². The van der Waals surface area contributed by atoms with Gasteiger partial charge in [-0.3, -0.25) is 4.79 Å². The van der Waals surface area contributed by atoms with Crippen molar-refractivity contribution in [3.05, 3.63) is 71.6 Å². The molecule has 3 heterocycles. The lowest BCUT2D eigenvalue weighted by molar-refractivity contribution is -0.140. The highest BCUT2D eigenvalue weighted by atomic mass is 16.6. The van der Waals surface area contributed by atoms with Crippen molar-refractivity contribution in [3.63, 3.8) is 0 Å². The summed E-state index contributed by atoms with van der Waals surface area (Å²) in [6.07, 6.45) is 7.21. The van der Waals surface area contributed by atoms with Crippen LogP contribution in [0.1, 0.15) is 48.7 Å². The van der Waals surface area contributed by atoms with E-state index in [1.807, 2.05) is 24.4 Å². The van der Waals surface area contributed by atoms with Gasteiger partial charge in [-0.15, -0.1) is 5.10 Å². The zero-order valence-electron chi connectivity index (χ0n) is 18.7. The standard InChI is InChI=1S/C25H28N4O4/c1-16-20-11-10-17(7-6-12-25(2)22(33-25)21(20)32-24(16)31)14-29-15-19(27-28-29)13-26-23(30)18-8-4-3-5-9-18/h3-5,7-9,15,20-22H,1,6,10-14H2,2H3,(H,26,30)/b17-7+/t20-,21-,22-,25+/m0/s1. The molecule has 0 unspecified atom stereocenters. The number of carbonyl (C=O) groups excluding carboxylic acids is 2. The van der Waals surface area contributed by atoms with Crippen molar-refractivity contribution in [2.24, 2.45) is 5.92 Å². The number of carbonyl (C=O) groups is 2. The fraction of sp³-hybridized carbons (Fsp3) is 0.440. The van der Waals surface area contributed by atoms with Crippen LogP contribution < -0.4 is 5.32 Å². The summed E-state index contributed by atoms with van der Waals surface area (Å²) in [6, 6.07) is 9.09. The number of hydrogen-bond donors (Lipinski definition) is 1. The van der Waals surface area contributed by atoms with E-state index in [0.29, 0.717) is 29.9 Å². The minimum Gasteiger partial charge on any atom is -0.455 e. The summed E-state index contributed by atoms with van der Waals surface area (Å²) in [5.41, 5.74) is 2.85. The number of epoxide rings is 1. The topological polar surface area (TPSA) is 98.6 Å². The molecule has 33 heavy (non-hydrogen) atoms. The van der Waals surface area contributed by atoms with Crippen molar-refractivity contribution in [1.29, 1.82) is 0 Å². The van der Waals surface area contributed by atoms with Gasteiger partial charge in [0.05, 0.1) is 24.9 Å². The van der Waals surface area contributed by atoms with Crippen molar-refractivity contribution < 1.29 is 19.1 Å². The van der Waals surface area contributed by atoms with Crippen LogP contribution in [0.4, 0.5) is 0 Å². The quantitative estimate of drug-likeness (QED) is 0.327. The molecule has 1 amide bonds. The van der Waals surface area contributed by atoms with Gasteiger partial charge in [0.1, 0.15) is 17.9 Å². The Kier molecular flexibility index (Phi) is 5.62. The molecule has 0 spiro atoms. The van der Waals surface area contributed by atoms with E-state index >= 15 is 0 Å². The second-order valence-electron chi connectivity index (χ2n) is 9.25. The number of allylic oxidation sites excluding steroid dienone is 2. The van der Waals surface area contributed by atoms with Crippen LogP contribution in [0.2, 0.25) is 0 Å². The van der Waals surface area contributed by atoms with E-state index in [4.69, 9.17) is 9.47 Å². The first-order chi connectivity index (χ1) is 15.9. The van der Waals surface area contributed by atoms with Gasteiger partial charge in [-0.25, -0.2) is 9.48 Å². The van der Waals surface area contributed by atoms with Gasteiger partial charge in [0, 0.05) is 17.1 Å². The highest BCUT2D eigenvalue weighted by Crippen LogP contribution is 2.49. The Morgan fingerprint density at radius 3 is 2.97 bits per heavy atom. The van der Waals surface area contributed by atoms with E-state index < -0.39 is 0 Å². The Morgan fingerprint density at radius 1 is 1.33 bits per heavy atom. The number of ether oxygens (including phenoxy) is 2. The molecular weight excluding hydrogens is 420 g/mol. The van der Waals surface area contributed by atoms with Crippen LogP contribution in [-0.4, -0.2) is 44.7 Å². The summed E-state index contributed by atoms with van der Waals surface area (Å²) in [6.45, 7) is 6.99. The average molecular weight is 449 g/mol. The average Bonchev–Trinajstić information content (AvgIpc) is 3.13. The highest BCUT2D eigenvalue weighted by Gasteiger charge is 2.61. The summed E-state index contributed by atoms with van der Waals surface area (Å²) >= 11 is 0. The molecule has 1 aliphatic carbocycles. The van der Waals surface area contributed by atoms with Gasteiger partial charge in [0.25, 0.3) is 5.91 Å². The zero-order valence-corrected chi connectivity index (χ0v) is 18.7. The second kappa shape index (κ2) is 8.59. The van der Waals surface area contributed by atoms with E-state index in [9.17, 15) is 9.59 Å². The molecule has 0 saturated carbocycles. The lowest BCUT2D eigenvalue weighted by Gasteiger charge is -2.20. The number of nitrogens with one attached hydrogen (secondary N) is 1.